The van der Waals surface area contributed by atoms with Crippen molar-refractivity contribution in [3.05, 3.63) is 64.7 Å². The van der Waals surface area contributed by atoms with E-state index in [4.69, 9.17) is 9.47 Å². The second-order valence-electron chi connectivity index (χ2n) is 9.93. The lowest BCUT2D eigenvalue weighted by Gasteiger charge is -2.20. The van der Waals surface area contributed by atoms with Gasteiger partial charge in [0.05, 0.1) is 17.5 Å². The Kier molecular flexibility index (Phi) is 7.97. The summed E-state index contributed by atoms with van der Waals surface area (Å²) in [4.78, 5) is 37.6. The fourth-order valence-corrected chi connectivity index (χ4v) is 2.70. The van der Waals surface area contributed by atoms with Crippen LogP contribution in [0.2, 0.25) is 0 Å². The van der Waals surface area contributed by atoms with Crippen molar-refractivity contribution < 1.29 is 23.9 Å². The summed E-state index contributed by atoms with van der Waals surface area (Å²) in [7, 11) is 0. The quantitative estimate of drug-likeness (QED) is 0.376. The number of Topliss-reactive ketones (excluding diaryl/α,β-unsaturated/α-hetero) is 1. The number of rotatable bonds is 7. The molecule has 2 aromatic rings. The maximum absolute atomic E-state index is 12.7. The lowest BCUT2D eigenvalue weighted by Crippen LogP contribution is -2.39. The van der Waals surface area contributed by atoms with Crippen molar-refractivity contribution in [2.24, 2.45) is 5.41 Å². The van der Waals surface area contributed by atoms with Crippen molar-refractivity contribution in [3.63, 3.8) is 0 Å². The number of benzene rings is 2. The van der Waals surface area contributed by atoms with Crippen molar-refractivity contribution in [3.8, 4) is 5.75 Å². The first-order chi connectivity index (χ1) is 14.8. The van der Waals surface area contributed by atoms with E-state index in [1.165, 1.54) is 0 Å². The maximum Gasteiger partial charge on any atom is 0.343 e. The van der Waals surface area contributed by atoms with Crippen LogP contribution in [0.4, 0.5) is 0 Å². The minimum Gasteiger partial charge on any atom is -0.460 e. The van der Waals surface area contributed by atoms with Crippen LogP contribution in [0, 0.1) is 12.3 Å². The highest BCUT2D eigenvalue weighted by molar-refractivity contribution is 5.98. The minimum absolute atomic E-state index is 0.111. The number of esters is 2. The molecule has 0 heterocycles. The Balaban J connectivity index is 2.29. The Morgan fingerprint density at radius 3 is 2.19 bits per heavy atom. The van der Waals surface area contributed by atoms with Gasteiger partial charge in [0.1, 0.15) is 12.4 Å². The van der Waals surface area contributed by atoms with Crippen LogP contribution in [0.5, 0.6) is 5.75 Å². The summed E-state index contributed by atoms with van der Waals surface area (Å²) < 4.78 is 11.0. The molecule has 172 valence electrons. The molecule has 0 bridgehead atoms. The van der Waals surface area contributed by atoms with Gasteiger partial charge in [-0.05, 0) is 78.8 Å². The van der Waals surface area contributed by atoms with Gasteiger partial charge in [-0.3, -0.25) is 9.59 Å². The van der Waals surface area contributed by atoms with Crippen molar-refractivity contribution in [1.82, 2.24) is 5.32 Å². The molecule has 0 saturated carbocycles. The van der Waals surface area contributed by atoms with Crippen molar-refractivity contribution in [2.45, 2.75) is 60.6 Å². The van der Waals surface area contributed by atoms with Crippen LogP contribution in [-0.2, 0) is 16.1 Å². The number of carbonyl (C=O) groups excluding carboxylic acids is 3. The largest absolute Gasteiger partial charge is 0.460 e. The average Bonchev–Trinajstić information content (AvgIpc) is 2.69. The highest BCUT2D eigenvalue weighted by Gasteiger charge is 2.24. The lowest BCUT2D eigenvalue weighted by atomic mass is 9.97. The molecule has 2 rings (SSSR count). The summed E-state index contributed by atoms with van der Waals surface area (Å²) in [6.45, 7) is 13.1. The monoisotopic (exact) mass is 439 g/mol. The third-order valence-electron chi connectivity index (χ3n) is 4.59. The third kappa shape index (κ3) is 7.61. The van der Waals surface area contributed by atoms with Gasteiger partial charge in [-0.1, -0.05) is 17.7 Å². The number of ketones is 1. The smallest absolute Gasteiger partial charge is 0.343 e. The zero-order chi connectivity index (χ0) is 24.1. The molecule has 0 aliphatic rings. The van der Waals surface area contributed by atoms with Crippen LogP contribution in [-0.4, -0.2) is 29.8 Å². The molecule has 0 amide bonds. The summed E-state index contributed by atoms with van der Waals surface area (Å²) in [5, 5.41) is 3.16. The van der Waals surface area contributed by atoms with Crippen molar-refractivity contribution >= 4 is 17.7 Å². The number of carbonyl (C=O) groups is 3. The van der Waals surface area contributed by atoms with Crippen molar-refractivity contribution in [2.75, 3.05) is 6.54 Å². The molecule has 6 heteroatoms. The first-order valence-electron chi connectivity index (χ1n) is 10.6. The lowest BCUT2D eigenvalue weighted by molar-refractivity contribution is -0.154. The Labute approximate surface area is 190 Å². The zero-order valence-corrected chi connectivity index (χ0v) is 20.0. The second kappa shape index (κ2) is 10.1. The van der Waals surface area contributed by atoms with E-state index in [0.717, 1.165) is 5.56 Å². The standard InChI is InChI=1S/C26H33NO5/c1-17-9-8-10-19(13-17)23(29)32-22-12-11-18(21(28)15-27-26(5,6)7)14-20(22)16-31-24(30)25(2,3)4/h8-14,27H,15-16H2,1-7H3. The van der Waals surface area contributed by atoms with Gasteiger partial charge in [-0.2, -0.15) is 0 Å². The molecular formula is C26H33NO5. The summed E-state index contributed by atoms with van der Waals surface area (Å²) in [5.41, 5.74) is 1.36. The molecule has 0 atom stereocenters. The molecule has 0 aliphatic carbocycles. The predicted octanol–water partition coefficient (Wildman–Crippen LogP) is 4.87. The molecule has 1 N–H and O–H groups in total. The van der Waals surface area contributed by atoms with E-state index >= 15 is 0 Å². The highest BCUT2D eigenvalue weighted by Crippen LogP contribution is 2.25. The predicted molar refractivity (Wildman–Crippen MR) is 124 cm³/mol. The Morgan fingerprint density at radius 1 is 0.906 bits per heavy atom. The van der Waals surface area contributed by atoms with Crippen LogP contribution in [0.3, 0.4) is 0 Å². The number of hydrogen-bond acceptors (Lipinski definition) is 6. The van der Waals surface area contributed by atoms with Gasteiger partial charge in [-0.15, -0.1) is 0 Å². The van der Waals surface area contributed by atoms with Crippen molar-refractivity contribution in [1.29, 1.82) is 0 Å². The van der Waals surface area contributed by atoms with E-state index < -0.39 is 11.4 Å². The van der Waals surface area contributed by atoms with E-state index in [0.29, 0.717) is 16.7 Å². The van der Waals surface area contributed by atoms with Gasteiger partial charge in [0.2, 0.25) is 0 Å². The maximum atomic E-state index is 12.7. The molecule has 0 radical (unpaired) electrons. The van der Waals surface area contributed by atoms with E-state index in [-0.39, 0.29) is 36.2 Å². The molecule has 0 fully saturated rings. The first-order valence-corrected chi connectivity index (χ1v) is 10.6. The fourth-order valence-electron chi connectivity index (χ4n) is 2.70. The molecule has 0 aliphatic heterocycles. The van der Waals surface area contributed by atoms with E-state index in [9.17, 15) is 14.4 Å². The average molecular weight is 440 g/mol. The second-order valence-corrected chi connectivity index (χ2v) is 9.93. The number of hydrogen-bond donors (Lipinski definition) is 1. The normalized spacial score (nSPS) is 11.7. The van der Waals surface area contributed by atoms with Gasteiger partial charge in [0.25, 0.3) is 0 Å². The van der Waals surface area contributed by atoms with Crippen LogP contribution >= 0.6 is 0 Å². The highest BCUT2D eigenvalue weighted by atomic mass is 16.5. The fraction of sp³-hybridized carbons (Fsp3) is 0.423. The Bertz CT molecular complexity index is 996. The van der Waals surface area contributed by atoms with Gasteiger partial charge in [0.15, 0.2) is 5.78 Å². The molecular weight excluding hydrogens is 406 g/mol. The van der Waals surface area contributed by atoms with E-state index in [1.54, 1.807) is 57.2 Å². The number of ether oxygens (including phenoxy) is 2. The van der Waals surface area contributed by atoms with Crippen LogP contribution in [0.1, 0.15) is 73.4 Å². The van der Waals surface area contributed by atoms with Crippen LogP contribution in [0.15, 0.2) is 42.5 Å². The molecule has 0 aromatic heterocycles. The summed E-state index contributed by atoms with van der Waals surface area (Å²) >= 11 is 0. The first kappa shape index (κ1) is 25.3. The Hall–Kier alpha value is -2.99. The molecule has 0 saturated heterocycles. The van der Waals surface area contributed by atoms with Gasteiger partial charge < -0.3 is 14.8 Å². The van der Waals surface area contributed by atoms with Gasteiger partial charge in [-0.25, -0.2) is 4.79 Å². The zero-order valence-electron chi connectivity index (χ0n) is 20.0. The summed E-state index contributed by atoms with van der Waals surface area (Å²) in [5.74, 6) is -0.774. The molecule has 6 nitrogen and oxygen atoms in total. The molecule has 0 spiro atoms. The summed E-state index contributed by atoms with van der Waals surface area (Å²) in [6.07, 6.45) is 0. The third-order valence-corrected chi connectivity index (χ3v) is 4.59. The molecule has 2 aromatic carbocycles. The van der Waals surface area contributed by atoms with Crippen LogP contribution < -0.4 is 10.1 Å². The number of aryl methyl sites for hydroxylation is 1. The van der Waals surface area contributed by atoms with E-state index in [1.807, 2.05) is 33.8 Å². The molecule has 32 heavy (non-hydrogen) atoms. The topological polar surface area (TPSA) is 81.7 Å². The minimum atomic E-state index is -0.678. The van der Waals surface area contributed by atoms with Gasteiger partial charge >= 0.3 is 11.9 Å². The SMILES string of the molecule is Cc1cccc(C(=O)Oc2ccc(C(=O)CNC(C)(C)C)cc2COC(=O)C(C)(C)C)c1. The van der Waals surface area contributed by atoms with Gasteiger partial charge in [0, 0.05) is 16.7 Å². The number of nitrogens with one attached hydrogen (secondary N) is 1. The Morgan fingerprint density at radius 2 is 1.59 bits per heavy atom. The summed E-state index contributed by atoms with van der Waals surface area (Å²) in [6, 6.07) is 11.9. The van der Waals surface area contributed by atoms with E-state index in [2.05, 4.69) is 5.32 Å². The molecule has 0 unspecified atom stereocenters. The van der Waals surface area contributed by atoms with Crippen LogP contribution in [0.25, 0.3) is 0 Å².